The van der Waals surface area contributed by atoms with Gasteiger partial charge in [-0.3, -0.25) is 0 Å². The van der Waals surface area contributed by atoms with Gasteiger partial charge in [-0.15, -0.1) is 0 Å². The molecule has 0 aliphatic rings. The molecule has 0 aromatic carbocycles. The van der Waals surface area contributed by atoms with Crippen molar-refractivity contribution in [3.8, 4) is 0 Å². The summed E-state index contributed by atoms with van der Waals surface area (Å²) in [5.41, 5.74) is 0. The molecule has 0 aromatic heterocycles. The SMILES string of the molecule is F[O+](C(F)(F)F)C(F)(F)F.[Cl-]. The van der Waals surface area contributed by atoms with Crippen LogP contribution in [-0.4, -0.2) is 12.7 Å². The van der Waals surface area contributed by atoms with Gasteiger partial charge in [-0.05, 0) is 0 Å². The zero-order valence-electron chi connectivity index (χ0n) is 4.43. The molecule has 0 saturated heterocycles. The summed E-state index contributed by atoms with van der Waals surface area (Å²) in [4.78, 5) is 0. The van der Waals surface area contributed by atoms with Crippen molar-refractivity contribution in [2.24, 2.45) is 0 Å². The predicted octanol–water partition coefficient (Wildman–Crippen LogP) is -0.533. The summed E-state index contributed by atoms with van der Waals surface area (Å²) in [6.45, 7) is 0. The van der Waals surface area contributed by atoms with Crippen molar-refractivity contribution in [1.29, 1.82) is 0 Å². The molecule has 9 heteroatoms. The molecule has 0 heterocycles. The Kier molecular flexibility index (Phi) is 4.17. The van der Waals surface area contributed by atoms with Crippen LogP contribution in [0.4, 0.5) is 30.9 Å². The lowest BCUT2D eigenvalue weighted by Crippen LogP contribution is -3.00. The van der Waals surface area contributed by atoms with Crippen LogP contribution in [-0.2, 0) is 4.57 Å². The molecule has 70 valence electrons. The first-order valence-corrected chi connectivity index (χ1v) is 1.70. The highest BCUT2D eigenvalue weighted by atomic mass is 35.5. The Labute approximate surface area is 61.7 Å². The van der Waals surface area contributed by atoms with Crippen LogP contribution in [0.1, 0.15) is 0 Å². The second-order valence-corrected chi connectivity index (χ2v) is 1.15. The fraction of sp³-hybridized carbons (Fsp3) is 1.00. The highest BCUT2D eigenvalue weighted by Gasteiger charge is 2.68. The first kappa shape index (κ1) is 13.4. The van der Waals surface area contributed by atoms with E-state index in [1.54, 1.807) is 0 Å². The average Bonchev–Trinajstić information content (AvgIpc) is 1.59. The minimum Gasteiger partial charge on any atom is -1.00 e. The normalized spacial score (nSPS) is 13.1. The first-order valence-electron chi connectivity index (χ1n) is 1.70. The van der Waals surface area contributed by atoms with Gasteiger partial charge < -0.3 is 12.4 Å². The van der Waals surface area contributed by atoms with E-state index in [1.807, 2.05) is 0 Å². The van der Waals surface area contributed by atoms with Crippen LogP contribution < -0.4 is 12.4 Å². The van der Waals surface area contributed by atoms with E-state index in [2.05, 4.69) is 0 Å². The van der Waals surface area contributed by atoms with Gasteiger partial charge in [0.1, 0.15) is 4.53 Å². The molecule has 0 atom stereocenters. The maximum absolute atomic E-state index is 10.9. The van der Waals surface area contributed by atoms with E-state index >= 15 is 0 Å². The zero-order valence-corrected chi connectivity index (χ0v) is 5.19. The van der Waals surface area contributed by atoms with E-state index in [9.17, 15) is 30.9 Å². The summed E-state index contributed by atoms with van der Waals surface area (Å²) >= 11 is 0. The Balaban J connectivity index is 0. The van der Waals surface area contributed by atoms with E-state index in [4.69, 9.17) is 0 Å². The number of rotatable bonds is 0. The summed E-state index contributed by atoms with van der Waals surface area (Å²) < 4.78 is 73.0. The van der Waals surface area contributed by atoms with Crippen molar-refractivity contribution < 1.29 is 47.8 Å². The zero-order chi connectivity index (χ0) is 8.58. The molecular weight excluding hydrogens is 208 g/mol. The first-order chi connectivity index (χ1) is 4.15. The molecule has 0 aliphatic heterocycles. The van der Waals surface area contributed by atoms with Crippen LogP contribution in [0, 0.1) is 0 Å². The van der Waals surface area contributed by atoms with Crippen molar-refractivity contribution in [1.82, 2.24) is 0 Å². The number of alkyl halides is 6. The lowest BCUT2D eigenvalue weighted by atomic mass is 11.2. The van der Waals surface area contributed by atoms with Crippen LogP contribution in [0.5, 0.6) is 0 Å². The summed E-state index contributed by atoms with van der Waals surface area (Å²) in [7, 11) is 0. The molecule has 0 unspecified atom stereocenters. The second kappa shape index (κ2) is 3.44. The Hall–Kier alpha value is -0.240. The largest absolute Gasteiger partial charge is 1.00 e. The fourth-order valence-corrected chi connectivity index (χ4v) is 0.131. The van der Waals surface area contributed by atoms with Gasteiger partial charge >= 0.3 is 12.7 Å². The third kappa shape index (κ3) is 4.25. The lowest BCUT2D eigenvalue weighted by molar-refractivity contribution is -0.659. The monoisotopic (exact) mass is 208 g/mol. The standard InChI is InChI=1S/C2F7O.ClH/c3-1(4,5)10(9)2(6,7)8;/h;1H/q+1;/p-1. The average molecular weight is 208 g/mol. The summed E-state index contributed by atoms with van der Waals surface area (Å²) in [6.07, 6.45) is -12.2. The van der Waals surface area contributed by atoms with E-state index in [1.165, 1.54) is 0 Å². The molecule has 0 radical (unpaired) electrons. The third-order valence-corrected chi connectivity index (χ3v) is 0.406. The number of halogens is 8. The minimum absolute atomic E-state index is 0. The summed E-state index contributed by atoms with van der Waals surface area (Å²) in [6, 6.07) is 0. The Bertz CT molecular complexity index is 101. The number of hydrogen-bond donors (Lipinski definition) is 0. The molecule has 0 N–H and O–H groups in total. The molecule has 0 rings (SSSR count). The third-order valence-electron chi connectivity index (χ3n) is 0.406. The molecule has 0 aromatic rings. The molecular formula is C2ClF7O. The Morgan fingerprint density at radius 2 is 0.909 bits per heavy atom. The number of hydrogen-bond acceptors (Lipinski definition) is 0. The van der Waals surface area contributed by atoms with E-state index in [0.717, 1.165) is 0 Å². The Morgan fingerprint density at radius 1 is 0.727 bits per heavy atom. The molecule has 1 nitrogen and oxygen atoms in total. The minimum atomic E-state index is -6.10. The lowest BCUT2D eigenvalue weighted by Gasteiger charge is -2.06. The maximum atomic E-state index is 10.9. The van der Waals surface area contributed by atoms with Crippen LogP contribution in [0.15, 0.2) is 0 Å². The molecule has 0 fully saturated rings. The Morgan fingerprint density at radius 3 is 0.909 bits per heavy atom. The van der Waals surface area contributed by atoms with Gasteiger partial charge in [0.2, 0.25) is 0 Å². The van der Waals surface area contributed by atoms with Crippen molar-refractivity contribution in [2.75, 3.05) is 0 Å². The van der Waals surface area contributed by atoms with Gasteiger partial charge in [-0.1, -0.05) is 26.3 Å². The van der Waals surface area contributed by atoms with Gasteiger partial charge in [-0.2, -0.15) is 0 Å². The van der Waals surface area contributed by atoms with Crippen LogP contribution in [0.3, 0.4) is 0 Å². The second-order valence-electron chi connectivity index (χ2n) is 1.15. The van der Waals surface area contributed by atoms with Gasteiger partial charge in [0.15, 0.2) is 0 Å². The van der Waals surface area contributed by atoms with Crippen molar-refractivity contribution in [3.05, 3.63) is 0 Å². The van der Waals surface area contributed by atoms with Gasteiger partial charge in [-0.25, -0.2) is 0 Å². The molecule has 0 saturated carbocycles. The van der Waals surface area contributed by atoms with Gasteiger partial charge in [0, 0.05) is 4.57 Å². The van der Waals surface area contributed by atoms with Crippen LogP contribution >= 0.6 is 0 Å². The van der Waals surface area contributed by atoms with E-state index in [0.29, 0.717) is 0 Å². The highest BCUT2D eigenvalue weighted by Crippen LogP contribution is 2.38. The molecule has 0 aliphatic carbocycles. The summed E-state index contributed by atoms with van der Waals surface area (Å²) in [5.74, 6) is 0. The van der Waals surface area contributed by atoms with Gasteiger partial charge in [0.25, 0.3) is 0 Å². The van der Waals surface area contributed by atoms with E-state index < -0.39 is 17.3 Å². The molecule has 0 bridgehead atoms. The molecule has 11 heavy (non-hydrogen) atoms. The van der Waals surface area contributed by atoms with Crippen molar-refractivity contribution in [3.63, 3.8) is 0 Å². The smallest absolute Gasteiger partial charge is 0.706 e. The quantitative estimate of drug-likeness (QED) is 0.372. The highest BCUT2D eigenvalue weighted by molar-refractivity contribution is 4.34. The fourth-order valence-electron chi connectivity index (χ4n) is 0.131. The van der Waals surface area contributed by atoms with Crippen LogP contribution in [0.25, 0.3) is 0 Å². The maximum Gasteiger partial charge on any atom is 0.706 e. The predicted molar refractivity (Wildman–Crippen MR) is 14.3 cm³/mol. The molecule has 0 spiro atoms. The van der Waals surface area contributed by atoms with Crippen LogP contribution in [0.2, 0.25) is 0 Å². The van der Waals surface area contributed by atoms with Gasteiger partial charge in [0.05, 0.1) is 0 Å². The molecule has 0 amide bonds. The summed E-state index contributed by atoms with van der Waals surface area (Å²) in [5, 5.41) is 0. The van der Waals surface area contributed by atoms with E-state index in [-0.39, 0.29) is 12.4 Å². The topological polar surface area (TPSA) is 2.70 Å². The van der Waals surface area contributed by atoms with Crippen molar-refractivity contribution >= 4 is 0 Å². The van der Waals surface area contributed by atoms with Crippen molar-refractivity contribution in [2.45, 2.75) is 12.7 Å².